The third kappa shape index (κ3) is 3.64. The Morgan fingerprint density at radius 2 is 1.64 bits per heavy atom. The fraction of sp³-hybridized carbons (Fsp3) is 0.167. The highest BCUT2D eigenvalue weighted by Gasteiger charge is 2.23. The van der Waals surface area contributed by atoms with E-state index in [-0.39, 0.29) is 11.3 Å². The number of hydrogen-bond donors (Lipinski definition) is 0. The SMILES string of the molecule is Cc1ccc(-c2cc(C(F)F)nn2-c2cc(F)c(S(C)(=O)=O)cc2F)cc1F. The third-order valence-electron chi connectivity index (χ3n) is 4.05. The van der Waals surface area contributed by atoms with Gasteiger partial charge in [-0.05, 0) is 30.7 Å². The smallest absolute Gasteiger partial charge is 0.230 e. The molecular formula is C18H13F5N2O2S. The maximum Gasteiger partial charge on any atom is 0.282 e. The van der Waals surface area contributed by atoms with Crippen molar-refractivity contribution in [3.05, 3.63) is 65.1 Å². The van der Waals surface area contributed by atoms with Crippen LogP contribution in [0.3, 0.4) is 0 Å². The molecule has 0 aliphatic heterocycles. The van der Waals surface area contributed by atoms with Crippen LogP contribution >= 0.6 is 0 Å². The molecule has 0 radical (unpaired) electrons. The van der Waals surface area contributed by atoms with Gasteiger partial charge in [0, 0.05) is 17.9 Å². The molecule has 10 heteroatoms. The lowest BCUT2D eigenvalue weighted by Gasteiger charge is -2.11. The zero-order chi connectivity index (χ0) is 20.8. The van der Waals surface area contributed by atoms with Crippen LogP contribution in [0, 0.1) is 24.4 Å². The van der Waals surface area contributed by atoms with Crippen molar-refractivity contribution in [2.75, 3.05) is 6.26 Å². The van der Waals surface area contributed by atoms with Crippen molar-refractivity contribution >= 4 is 9.84 Å². The minimum absolute atomic E-state index is 0.106. The Hall–Kier alpha value is -2.75. The second kappa shape index (κ2) is 7.01. The molecule has 0 N–H and O–H groups in total. The summed E-state index contributed by atoms with van der Waals surface area (Å²) in [5, 5.41) is 3.59. The Kier molecular flexibility index (Phi) is 5.00. The molecule has 0 aliphatic rings. The van der Waals surface area contributed by atoms with Gasteiger partial charge in [-0.1, -0.05) is 12.1 Å². The van der Waals surface area contributed by atoms with Gasteiger partial charge in [0.05, 0.1) is 5.69 Å². The molecule has 2 aromatic carbocycles. The van der Waals surface area contributed by atoms with E-state index in [1.807, 2.05) is 0 Å². The number of halogens is 5. The highest BCUT2D eigenvalue weighted by molar-refractivity contribution is 7.90. The second-order valence-corrected chi connectivity index (χ2v) is 8.12. The van der Waals surface area contributed by atoms with Crippen LogP contribution in [0.2, 0.25) is 0 Å². The molecule has 0 amide bonds. The van der Waals surface area contributed by atoms with E-state index in [4.69, 9.17) is 0 Å². The fourth-order valence-corrected chi connectivity index (χ4v) is 3.34. The first-order valence-corrected chi connectivity index (χ1v) is 9.72. The Bertz CT molecular complexity index is 1170. The first-order valence-electron chi connectivity index (χ1n) is 7.83. The van der Waals surface area contributed by atoms with Gasteiger partial charge in [0.15, 0.2) is 9.84 Å². The van der Waals surface area contributed by atoms with Gasteiger partial charge in [0.2, 0.25) is 0 Å². The molecule has 148 valence electrons. The van der Waals surface area contributed by atoms with E-state index in [2.05, 4.69) is 5.10 Å². The zero-order valence-electron chi connectivity index (χ0n) is 14.6. The molecule has 0 bridgehead atoms. The molecule has 4 nitrogen and oxygen atoms in total. The predicted molar refractivity (Wildman–Crippen MR) is 91.7 cm³/mol. The molecule has 28 heavy (non-hydrogen) atoms. The van der Waals surface area contributed by atoms with Gasteiger partial charge in [-0.3, -0.25) is 0 Å². The van der Waals surface area contributed by atoms with Crippen molar-refractivity contribution in [1.29, 1.82) is 0 Å². The van der Waals surface area contributed by atoms with Crippen molar-refractivity contribution in [3.8, 4) is 16.9 Å². The summed E-state index contributed by atoms with van der Waals surface area (Å²) < 4.78 is 92.7. The van der Waals surface area contributed by atoms with Gasteiger partial charge in [0.1, 0.15) is 33.7 Å². The summed E-state index contributed by atoms with van der Waals surface area (Å²) in [6, 6.07) is 5.78. The number of rotatable bonds is 4. The largest absolute Gasteiger partial charge is 0.282 e. The van der Waals surface area contributed by atoms with Crippen LogP contribution in [0.4, 0.5) is 22.0 Å². The molecule has 0 aliphatic carbocycles. The maximum atomic E-state index is 14.5. The first kappa shape index (κ1) is 20.0. The van der Waals surface area contributed by atoms with Gasteiger partial charge >= 0.3 is 0 Å². The molecule has 3 rings (SSSR count). The van der Waals surface area contributed by atoms with Crippen LogP contribution in [0.5, 0.6) is 0 Å². The van der Waals surface area contributed by atoms with Crippen LogP contribution in [-0.4, -0.2) is 24.5 Å². The molecule has 0 spiro atoms. The van der Waals surface area contributed by atoms with Crippen LogP contribution in [0.1, 0.15) is 17.7 Å². The van der Waals surface area contributed by atoms with E-state index in [9.17, 15) is 30.4 Å². The summed E-state index contributed by atoms with van der Waals surface area (Å²) in [6.07, 6.45) is -2.31. The molecular weight excluding hydrogens is 403 g/mol. The molecule has 1 heterocycles. The molecule has 0 saturated carbocycles. The van der Waals surface area contributed by atoms with Gasteiger partial charge in [-0.2, -0.15) is 5.10 Å². The van der Waals surface area contributed by atoms with Crippen molar-refractivity contribution in [3.63, 3.8) is 0 Å². The summed E-state index contributed by atoms with van der Waals surface area (Å²) in [6.45, 7) is 1.50. The van der Waals surface area contributed by atoms with E-state index < -0.39 is 50.0 Å². The number of alkyl halides is 2. The van der Waals surface area contributed by atoms with Gasteiger partial charge < -0.3 is 0 Å². The van der Waals surface area contributed by atoms with Crippen molar-refractivity contribution < 1.29 is 30.4 Å². The van der Waals surface area contributed by atoms with E-state index in [0.29, 0.717) is 28.6 Å². The van der Waals surface area contributed by atoms with Crippen LogP contribution < -0.4 is 0 Å². The van der Waals surface area contributed by atoms with Gasteiger partial charge in [-0.15, -0.1) is 0 Å². The van der Waals surface area contributed by atoms with Crippen LogP contribution in [-0.2, 0) is 9.84 Å². The summed E-state index contributed by atoms with van der Waals surface area (Å²) >= 11 is 0. The summed E-state index contributed by atoms with van der Waals surface area (Å²) in [4.78, 5) is -0.877. The van der Waals surface area contributed by atoms with Crippen molar-refractivity contribution in [2.45, 2.75) is 18.2 Å². The average Bonchev–Trinajstić information content (AvgIpc) is 3.03. The lowest BCUT2D eigenvalue weighted by atomic mass is 10.1. The van der Waals surface area contributed by atoms with Crippen LogP contribution in [0.25, 0.3) is 16.9 Å². The predicted octanol–water partition coefficient (Wildman–Crippen LogP) is 4.61. The number of hydrogen-bond acceptors (Lipinski definition) is 3. The van der Waals surface area contributed by atoms with E-state index in [1.54, 1.807) is 0 Å². The Morgan fingerprint density at radius 1 is 0.964 bits per heavy atom. The number of aryl methyl sites for hydroxylation is 1. The van der Waals surface area contributed by atoms with E-state index in [0.717, 1.165) is 12.1 Å². The van der Waals surface area contributed by atoms with Gasteiger partial charge in [-0.25, -0.2) is 35.1 Å². The van der Waals surface area contributed by atoms with E-state index >= 15 is 0 Å². The number of sulfone groups is 1. The minimum Gasteiger partial charge on any atom is -0.230 e. The fourth-order valence-electron chi connectivity index (χ4n) is 2.61. The molecule has 1 aromatic heterocycles. The Balaban J connectivity index is 2.27. The molecule has 0 saturated heterocycles. The van der Waals surface area contributed by atoms with Crippen LogP contribution in [0.15, 0.2) is 41.3 Å². The highest BCUT2D eigenvalue weighted by Crippen LogP contribution is 2.31. The van der Waals surface area contributed by atoms with Gasteiger partial charge in [0.25, 0.3) is 6.43 Å². The molecule has 0 fully saturated rings. The first-order chi connectivity index (χ1) is 13.0. The topological polar surface area (TPSA) is 52.0 Å². The standard InChI is InChI=1S/C18H13F5N2O2S/c1-9-3-4-10(5-11(9)19)15-8-14(18(22)23)24-25(15)16-6-13(21)17(7-12(16)20)28(2,26)27/h3-8,18H,1-2H3. The molecule has 0 unspecified atom stereocenters. The zero-order valence-corrected chi connectivity index (χ0v) is 15.4. The highest BCUT2D eigenvalue weighted by atomic mass is 32.2. The lowest BCUT2D eigenvalue weighted by Crippen LogP contribution is -2.08. The normalized spacial score (nSPS) is 12.0. The number of aromatic nitrogens is 2. The number of benzene rings is 2. The molecule has 0 atom stereocenters. The monoisotopic (exact) mass is 416 g/mol. The summed E-state index contributed by atoms with van der Waals surface area (Å²) in [7, 11) is -4.05. The lowest BCUT2D eigenvalue weighted by molar-refractivity contribution is 0.145. The minimum atomic E-state index is -4.05. The summed E-state index contributed by atoms with van der Waals surface area (Å²) in [5.74, 6) is -3.09. The van der Waals surface area contributed by atoms with Crippen molar-refractivity contribution in [1.82, 2.24) is 9.78 Å². The molecule has 3 aromatic rings. The summed E-state index contributed by atoms with van der Waals surface area (Å²) in [5.41, 5.74) is -1.02. The average molecular weight is 416 g/mol. The quantitative estimate of drug-likeness (QED) is 0.584. The van der Waals surface area contributed by atoms with Crippen molar-refractivity contribution in [2.24, 2.45) is 0 Å². The Labute approximate surface area is 157 Å². The third-order valence-corrected chi connectivity index (χ3v) is 5.16. The number of nitrogens with zero attached hydrogens (tertiary/aromatic N) is 2. The Morgan fingerprint density at radius 3 is 2.21 bits per heavy atom. The maximum absolute atomic E-state index is 14.5. The van der Waals surface area contributed by atoms with E-state index in [1.165, 1.54) is 19.1 Å². The second-order valence-electron chi connectivity index (χ2n) is 6.14.